The second-order valence-electron chi connectivity index (χ2n) is 2.12. The molecule has 64 valence electrons. The average Bonchev–Trinajstić information content (AvgIpc) is 2.30. The molecule has 1 aromatic carbocycles. The fraction of sp³-hybridized carbons (Fsp3) is 0. The van der Waals surface area contributed by atoms with Gasteiger partial charge in [-0.2, -0.15) is 0 Å². The lowest BCUT2D eigenvalue weighted by molar-refractivity contribution is 1.42. The van der Waals surface area contributed by atoms with E-state index in [0.29, 0.717) is 10.0 Å². The number of nitrogens with zero attached hydrogens (tertiary/aromatic N) is 1. The van der Waals surface area contributed by atoms with Crippen LogP contribution in [0.25, 0.3) is 0 Å². The molecule has 0 amide bonds. The highest BCUT2D eigenvalue weighted by Crippen LogP contribution is 2.45. The Hall–Kier alpha value is 0.590. The van der Waals surface area contributed by atoms with E-state index in [4.69, 9.17) is 33.9 Å². The molecule has 1 heterocycles. The normalized spacial score (nSPS) is 20.4. The molecule has 0 saturated heterocycles. The fourth-order valence-electron chi connectivity index (χ4n) is 0.826. The van der Waals surface area contributed by atoms with Crippen LogP contribution in [0.4, 0.5) is 5.69 Å². The predicted molar refractivity (Wildman–Crippen MR) is 57.6 cm³/mol. The van der Waals surface area contributed by atoms with E-state index in [9.17, 15) is 0 Å². The van der Waals surface area contributed by atoms with Crippen LogP contribution in [-0.4, -0.2) is 0 Å². The topological polar surface area (TPSA) is 12.4 Å². The summed E-state index contributed by atoms with van der Waals surface area (Å²) in [6.07, 6.45) is 0. The Bertz CT molecular complexity index is 377. The van der Waals surface area contributed by atoms with E-state index in [1.165, 1.54) is 10.8 Å². The summed E-state index contributed by atoms with van der Waals surface area (Å²) in [5.41, 5.74) is 0.840. The van der Waals surface area contributed by atoms with Crippen molar-refractivity contribution < 1.29 is 0 Å². The molecule has 0 radical (unpaired) electrons. The number of hydrogen-bond donors (Lipinski definition) is 0. The molecule has 2 rings (SSSR count). The van der Waals surface area contributed by atoms with Crippen LogP contribution in [0.15, 0.2) is 21.4 Å². The largest absolute Gasteiger partial charge is 0.200 e. The Kier molecular flexibility index (Phi) is 2.58. The Morgan fingerprint density at radius 3 is 2.67 bits per heavy atom. The zero-order chi connectivity index (χ0) is 8.72. The minimum atomic E-state index is -0.489. The second kappa shape index (κ2) is 3.39. The van der Waals surface area contributed by atoms with Crippen LogP contribution in [0.2, 0.25) is 10.0 Å². The molecule has 0 bridgehead atoms. The average molecular weight is 259 g/mol. The van der Waals surface area contributed by atoms with E-state index < -0.39 is 8.94 Å². The molecule has 12 heavy (non-hydrogen) atoms. The minimum absolute atomic E-state index is 0.489. The van der Waals surface area contributed by atoms with Crippen LogP contribution in [0, 0.1) is 0 Å². The maximum atomic E-state index is 5.82. The molecule has 0 spiro atoms. The minimum Gasteiger partial charge on any atom is -0.200 e. The van der Waals surface area contributed by atoms with Crippen LogP contribution < -0.4 is 0 Å². The molecule has 1 aliphatic rings. The Morgan fingerprint density at radius 2 is 1.92 bits per heavy atom. The third kappa shape index (κ3) is 1.61. The summed E-state index contributed by atoms with van der Waals surface area (Å²) >= 11 is 11.6. The summed E-state index contributed by atoms with van der Waals surface area (Å²) in [7, 11) is 6.83. The smallest absolute Gasteiger partial charge is 0.0887 e. The standard InChI is InChI=1S/C6H2Cl3NS2/c7-3-1-5-6(2-4(3)8)11-12(9)10-5/h1-2H. The van der Waals surface area contributed by atoms with Crippen molar-refractivity contribution in [2.75, 3.05) is 0 Å². The Balaban J connectivity index is 2.57. The van der Waals surface area contributed by atoms with Gasteiger partial charge in [-0.3, -0.25) is 0 Å². The van der Waals surface area contributed by atoms with Crippen molar-refractivity contribution in [1.82, 2.24) is 0 Å². The summed E-state index contributed by atoms with van der Waals surface area (Å²) < 4.78 is 4.17. The van der Waals surface area contributed by atoms with Crippen LogP contribution in [0.1, 0.15) is 0 Å². The summed E-state index contributed by atoms with van der Waals surface area (Å²) in [4.78, 5) is 1.00. The number of benzene rings is 1. The van der Waals surface area contributed by atoms with Crippen LogP contribution >= 0.6 is 44.7 Å². The van der Waals surface area contributed by atoms with Gasteiger partial charge < -0.3 is 0 Å². The quantitative estimate of drug-likeness (QED) is 0.620. The van der Waals surface area contributed by atoms with Gasteiger partial charge in [-0.15, -0.1) is 0 Å². The summed E-state index contributed by atoms with van der Waals surface area (Å²) in [6, 6.07) is 3.53. The molecule has 1 unspecified atom stereocenters. The van der Waals surface area contributed by atoms with Crippen molar-refractivity contribution >= 4 is 59.3 Å². The highest BCUT2D eigenvalue weighted by atomic mass is 35.7. The van der Waals surface area contributed by atoms with E-state index >= 15 is 0 Å². The Morgan fingerprint density at radius 1 is 1.25 bits per heavy atom. The monoisotopic (exact) mass is 257 g/mol. The molecule has 0 fully saturated rings. The highest BCUT2D eigenvalue weighted by molar-refractivity contribution is 8.78. The lowest BCUT2D eigenvalue weighted by Crippen LogP contribution is -1.70. The van der Waals surface area contributed by atoms with Crippen molar-refractivity contribution in [2.45, 2.75) is 4.90 Å². The van der Waals surface area contributed by atoms with Gasteiger partial charge in [0.15, 0.2) is 0 Å². The first-order valence-electron chi connectivity index (χ1n) is 2.96. The number of halogens is 3. The van der Waals surface area contributed by atoms with Gasteiger partial charge in [-0.1, -0.05) is 23.2 Å². The SMILES string of the molecule is Clc1cc2c(cc1Cl)SS(Cl)=N2. The second-order valence-corrected chi connectivity index (χ2v) is 7.00. The van der Waals surface area contributed by atoms with E-state index in [1.54, 1.807) is 12.1 Å². The van der Waals surface area contributed by atoms with Crippen molar-refractivity contribution in [3.05, 3.63) is 22.2 Å². The molecule has 1 atom stereocenters. The fourth-order valence-corrected chi connectivity index (χ4v) is 4.15. The van der Waals surface area contributed by atoms with Crippen molar-refractivity contribution in [3.8, 4) is 0 Å². The van der Waals surface area contributed by atoms with Gasteiger partial charge in [0.2, 0.25) is 0 Å². The van der Waals surface area contributed by atoms with Gasteiger partial charge >= 0.3 is 0 Å². The molecule has 0 aliphatic carbocycles. The number of fused-ring (bicyclic) bond motifs is 1. The predicted octanol–water partition coefficient (Wildman–Crippen LogP) is 4.60. The lowest BCUT2D eigenvalue weighted by Gasteiger charge is -1.97. The van der Waals surface area contributed by atoms with Gasteiger partial charge in [0.25, 0.3) is 0 Å². The molecule has 0 aromatic heterocycles. The molecular weight excluding hydrogens is 257 g/mol. The van der Waals surface area contributed by atoms with Gasteiger partial charge in [0, 0.05) is 4.90 Å². The third-order valence-corrected chi connectivity index (χ3v) is 4.99. The molecule has 1 aromatic rings. The summed E-state index contributed by atoms with van der Waals surface area (Å²) in [5.74, 6) is 0. The van der Waals surface area contributed by atoms with E-state index in [1.807, 2.05) is 0 Å². The number of hydrogen-bond acceptors (Lipinski definition) is 2. The molecule has 1 aliphatic heterocycles. The zero-order valence-electron chi connectivity index (χ0n) is 5.55. The van der Waals surface area contributed by atoms with Gasteiger partial charge in [0.1, 0.15) is 0 Å². The van der Waals surface area contributed by atoms with E-state index in [-0.39, 0.29) is 0 Å². The maximum absolute atomic E-state index is 5.82. The van der Waals surface area contributed by atoms with Gasteiger partial charge in [-0.25, -0.2) is 4.36 Å². The summed E-state index contributed by atoms with van der Waals surface area (Å²) in [6.45, 7) is 0. The first-order chi connectivity index (χ1) is 5.66. The first-order valence-corrected chi connectivity index (χ1v) is 7.06. The van der Waals surface area contributed by atoms with Crippen molar-refractivity contribution in [1.29, 1.82) is 0 Å². The molecule has 0 N–H and O–H groups in total. The van der Waals surface area contributed by atoms with E-state index in [2.05, 4.69) is 4.36 Å². The summed E-state index contributed by atoms with van der Waals surface area (Å²) in [5, 5.41) is 1.07. The van der Waals surface area contributed by atoms with Crippen molar-refractivity contribution in [3.63, 3.8) is 0 Å². The molecule has 0 saturated carbocycles. The maximum Gasteiger partial charge on any atom is 0.0887 e. The first kappa shape index (κ1) is 9.16. The van der Waals surface area contributed by atoms with Crippen molar-refractivity contribution in [2.24, 2.45) is 4.36 Å². The van der Waals surface area contributed by atoms with Gasteiger partial charge in [0.05, 0.1) is 24.7 Å². The van der Waals surface area contributed by atoms with E-state index in [0.717, 1.165) is 10.6 Å². The Labute approximate surface area is 90.4 Å². The molecule has 6 heteroatoms. The van der Waals surface area contributed by atoms with Gasteiger partial charge in [-0.05, 0) is 33.6 Å². The third-order valence-electron chi connectivity index (χ3n) is 1.33. The lowest BCUT2D eigenvalue weighted by atomic mass is 10.3. The number of rotatable bonds is 0. The zero-order valence-corrected chi connectivity index (χ0v) is 9.45. The van der Waals surface area contributed by atoms with Crippen LogP contribution in [0.5, 0.6) is 0 Å². The molecular formula is C6H2Cl3NS2. The molecule has 1 nitrogen and oxygen atoms in total. The van der Waals surface area contributed by atoms with Crippen LogP contribution in [0.3, 0.4) is 0 Å². The highest BCUT2D eigenvalue weighted by Gasteiger charge is 2.15. The van der Waals surface area contributed by atoms with Crippen LogP contribution in [-0.2, 0) is 8.94 Å².